The van der Waals surface area contributed by atoms with Crippen molar-refractivity contribution in [1.29, 1.82) is 5.26 Å². The third-order valence-corrected chi connectivity index (χ3v) is 7.63. The summed E-state index contributed by atoms with van der Waals surface area (Å²) in [6.07, 6.45) is 5.89. The number of anilines is 1. The molecule has 2 aromatic carbocycles. The molecule has 0 saturated heterocycles. The highest BCUT2D eigenvalue weighted by Crippen LogP contribution is 2.38. The van der Waals surface area contributed by atoms with Gasteiger partial charge in [-0.25, -0.2) is 4.98 Å². The minimum atomic E-state index is -0.940. The average Bonchev–Trinajstić information content (AvgIpc) is 3.33. The maximum Gasteiger partial charge on any atom is 0.305 e. The number of benzene rings is 2. The molecule has 4 rings (SSSR count). The van der Waals surface area contributed by atoms with Crippen LogP contribution in [0.4, 0.5) is 5.69 Å². The number of fused-ring (bicyclic) bond motifs is 1. The number of nitriles is 1. The van der Waals surface area contributed by atoms with Crippen LogP contribution in [0.3, 0.4) is 0 Å². The largest absolute Gasteiger partial charge is 0.481 e. The molecule has 224 valence electrons. The molecule has 0 bridgehead atoms. The van der Waals surface area contributed by atoms with Crippen LogP contribution in [0.5, 0.6) is 11.6 Å². The number of ether oxygens (including phenoxy) is 1. The highest BCUT2D eigenvalue weighted by molar-refractivity contribution is 5.94. The van der Waals surface area contributed by atoms with Crippen LogP contribution in [0.1, 0.15) is 79.2 Å². The van der Waals surface area contributed by atoms with Gasteiger partial charge in [0.1, 0.15) is 28.7 Å². The van der Waals surface area contributed by atoms with Crippen LogP contribution in [-0.4, -0.2) is 40.5 Å². The van der Waals surface area contributed by atoms with E-state index in [4.69, 9.17) is 14.3 Å². The number of pyridine rings is 1. The standard InChI is InChI=1S/C34H38N4O5/c1-5-6-7-9-22(2)31(37-26-13-11-24(12-14-26)34(41)38(4)19-17-30(39)40)32-23(3)28-20-27(15-16-29(28)43-32)42-33-25(21-35)10-8-18-36-33/h8,10-16,18,20,22,31,37H,5-7,9,17,19H2,1-4H3,(H,39,40). The topological polar surface area (TPSA) is 129 Å². The van der Waals surface area contributed by atoms with Crippen molar-refractivity contribution in [2.45, 2.75) is 58.9 Å². The van der Waals surface area contributed by atoms with Crippen LogP contribution < -0.4 is 10.1 Å². The lowest BCUT2D eigenvalue weighted by atomic mass is 9.91. The second kappa shape index (κ2) is 14.4. The number of carboxylic acids is 1. The quantitative estimate of drug-likeness (QED) is 0.145. The molecule has 0 aliphatic carbocycles. The van der Waals surface area contributed by atoms with Crippen LogP contribution >= 0.6 is 0 Å². The van der Waals surface area contributed by atoms with E-state index in [9.17, 15) is 14.9 Å². The Morgan fingerprint density at radius 1 is 1.16 bits per heavy atom. The summed E-state index contributed by atoms with van der Waals surface area (Å²) >= 11 is 0. The third-order valence-electron chi connectivity index (χ3n) is 7.63. The van der Waals surface area contributed by atoms with Crippen molar-refractivity contribution in [2.75, 3.05) is 18.9 Å². The molecule has 0 saturated carbocycles. The molecule has 0 radical (unpaired) electrons. The van der Waals surface area contributed by atoms with E-state index >= 15 is 0 Å². The second-order valence-electron chi connectivity index (χ2n) is 10.9. The molecule has 2 N–H and O–H groups in total. The Morgan fingerprint density at radius 2 is 1.93 bits per heavy atom. The Labute approximate surface area is 252 Å². The van der Waals surface area contributed by atoms with E-state index in [2.05, 4.69) is 30.2 Å². The molecule has 4 aromatic rings. The van der Waals surface area contributed by atoms with Crippen LogP contribution in [0.15, 0.2) is 65.2 Å². The van der Waals surface area contributed by atoms with Crippen molar-refractivity contribution in [3.63, 3.8) is 0 Å². The predicted octanol–water partition coefficient (Wildman–Crippen LogP) is 7.72. The van der Waals surface area contributed by atoms with Gasteiger partial charge in [0.25, 0.3) is 5.91 Å². The molecule has 2 heterocycles. The van der Waals surface area contributed by atoms with Crippen LogP contribution in [-0.2, 0) is 4.79 Å². The summed E-state index contributed by atoms with van der Waals surface area (Å²) in [5, 5.41) is 22.9. The third kappa shape index (κ3) is 7.72. The highest BCUT2D eigenvalue weighted by atomic mass is 16.5. The number of nitrogens with zero attached hydrogens (tertiary/aromatic N) is 3. The van der Waals surface area contributed by atoms with Crippen molar-refractivity contribution in [1.82, 2.24) is 9.88 Å². The van der Waals surface area contributed by atoms with Gasteiger partial charge >= 0.3 is 5.97 Å². The van der Waals surface area contributed by atoms with Crippen molar-refractivity contribution >= 4 is 28.5 Å². The summed E-state index contributed by atoms with van der Waals surface area (Å²) in [4.78, 5) is 29.3. The van der Waals surface area contributed by atoms with Gasteiger partial charge < -0.3 is 24.5 Å². The van der Waals surface area contributed by atoms with E-state index in [1.807, 2.05) is 31.2 Å². The zero-order valence-corrected chi connectivity index (χ0v) is 25.1. The van der Waals surface area contributed by atoms with E-state index in [0.29, 0.717) is 16.9 Å². The minimum absolute atomic E-state index is 0.103. The zero-order chi connectivity index (χ0) is 30.9. The van der Waals surface area contributed by atoms with Gasteiger partial charge in [0.05, 0.1) is 12.5 Å². The molecule has 2 aromatic heterocycles. The van der Waals surface area contributed by atoms with E-state index in [-0.39, 0.29) is 36.7 Å². The number of furan rings is 1. The zero-order valence-electron chi connectivity index (χ0n) is 25.1. The fraction of sp³-hybridized carbons (Fsp3) is 0.353. The SMILES string of the molecule is CCCCCC(C)C(Nc1ccc(C(=O)N(C)CCC(=O)O)cc1)c1oc2ccc(Oc3ncccc3C#N)cc2c1C. The number of carbonyl (C=O) groups is 2. The normalized spacial score (nSPS) is 12.3. The first-order valence-electron chi connectivity index (χ1n) is 14.6. The average molecular weight is 583 g/mol. The smallest absolute Gasteiger partial charge is 0.305 e. The molecule has 0 aliphatic heterocycles. The summed E-state index contributed by atoms with van der Waals surface area (Å²) < 4.78 is 12.4. The fourth-order valence-electron chi connectivity index (χ4n) is 5.07. The number of nitrogens with one attached hydrogen (secondary N) is 1. The lowest BCUT2D eigenvalue weighted by Gasteiger charge is -2.25. The Kier molecular flexibility index (Phi) is 10.4. The first-order valence-corrected chi connectivity index (χ1v) is 14.6. The maximum atomic E-state index is 12.8. The van der Waals surface area contributed by atoms with Crippen LogP contribution in [0.2, 0.25) is 0 Å². The lowest BCUT2D eigenvalue weighted by Crippen LogP contribution is -2.29. The predicted molar refractivity (Wildman–Crippen MR) is 165 cm³/mol. The molecule has 1 amide bonds. The van der Waals surface area contributed by atoms with Crippen molar-refractivity contribution in [3.05, 3.63) is 83.2 Å². The molecule has 0 fully saturated rings. The highest BCUT2D eigenvalue weighted by Gasteiger charge is 2.26. The lowest BCUT2D eigenvalue weighted by molar-refractivity contribution is -0.137. The molecule has 2 unspecified atom stereocenters. The summed E-state index contributed by atoms with van der Waals surface area (Å²) in [6.45, 7) is 6.59. The van der Waals surface area contributed by atoms with Gasteiger partial charge in [-0.1, -0.05) is 33.1 Å². The van der Waals surface area contributed by atoms with Crippen molar-refractivity contribution < 1.29 is 23.8 Å². The van der Waals surface area contributed by atoms with Gasteiger partial charge in [0.2, 0.25) is 5.88 Å². The van der Waals surface area contributed by atoms with Gasteiger partial charge in [-0.3, -0.25) is 9.59 Å². The number of aromatic nitrogens is 1. The molecule has 43 heavy (non-hydrogen) atoms. The molecule has 2 atom stereocenters. The number of hydrogen-bond donors (Lipinski definition) is 2. The molecule has 0 spiro atoms. The maximum absolute atomic E-state index is 12.8. The molecule has 9 nitrogen and oxygen atoms in total. The van der Waals surface area contributed by atoms with Crippen LogP contribution in [0, 0.1) is 24.2 Å². The van der Waals surface area contributed by atoms with Crippen molar-refractivity contribution in [2.24, 2.45) is 5.92 Å². The van der Waals surface area contributed by atoms with E-state index in [1.54, 1.807) is 43.6 Å². The monoisotopic (exact) mass is 582 g/mol. The first-order chi connectivity index (χ1) is 20.7. The summed E-state index contributed by atoms with van der Waals surface area (Å²) in [5.41, 5.74) is 3.43. The summed E-state index contributed by atoms with van der Waals surface area (Å²) in [6, 6.07) is 18.2. The number of carbonyl (C=O) groups excluding carboxylic acids is 1. The fourth-order valence-corrected chi connectivity index (χ4v) is 5.07. The number of unbranched alkanes of at least 4 members (excludes halogenated alkanes) is 2. The van der Waals surface area contributed by atoms with Gasteiger partial charge in [-0.2, -0.15) is 5.26 Å². The number of amides is 1. The van der Waals surface area contributed by atoms with E-state index < -0.39 is 5.97 Å². The molecular formula is C34H38N4O5. The number of aliphatic carboxylic acids is 1. The summed E-state index contributed by atoms with van der Waals surface area (Å²) in [7, 11) is 1.60. The Bertz CT molecular complexity index is 1610. The number of carboxylic acid groups (broad SMARTS) is 1. The van der Waals surface area contributed by atoms with Gasteiger partial charge in [-0.15, -0.1) is 0 Å². The number of rotatable bonds is 14. The van der Waals surface area contributed by atoms with Crippen molar-refractivity contribution in [3.8, 4) is 17.7 Å². The molecule has 9 heteroatoms. The van der Waals surface area contributed by atoms with Crippen LogP contribution in [0.25, 0.3) is 11.0 Å². The van der Waals surface area contributed by atoms with E-state index in [0.717, 1.165) is 53.7 Å². The molecule has 0 aliphatic rings. The van der Waals surface area contributed by atoms with Gasteiger partial charge in [0, 0.05) is 42.0 Å². The Hall–Kier alpha value is -4.84. The Morgan fingerprint density at radius 3 is 2.63 bits per heavy atom. The second-order valence-corrected chi connectivity index (χ2v) is 10.9. The first kappa shape index (κ1) is 31.1. The van der Waals surface area contributed by atoms with E-state index in [1.165, 1.54) is 4.90 Å². The summed E-state index contributed by atoms with van der Waals surface area (Å²) in [5.74, 6) is 0.731. The minimum Gasteiger partial charge on any atom is -0.481 e. The number of aryl methyl sites for hydroxylation is 1. The van der Waals surface area contributed by atoms with Gasteiger partial charge in [0.15, 0.2) is 0 Å². The number of hydrogen-bond acceptors (Lipinski definition) is 7. The van der Waals surface area contributed by atoms with Gasteiger partial charge in [-0.05, 0) is 73.9 Å². The Balaban J connectivity index is 1.60. The molecular weight excluding hydrogens is 544 g/mol.